The van der Waals surface area contributed by atoms with Gasteiger partial charge in [-0.15, -0.1) is 0 Å². The summed E-state index contributed by atoms with van der Waals surface area (Å²) in [6, 6.07) is 0.313. The molecule has 5 heteroatoms. The Labute approximate surface area is 111 Å². The maximum absolute atomic E-state index is 12.4. The van der Waals surface area contributed by atoms with Crippen molar-refractivity contribution in [1.29, 1.82) is 0 Å². The molecule has 1 saturated heterocycles. The van der Waals surface area contributed by atoms with Crippen LogP contribution in [0.3, 0.4) is 0 Å². The summed E-state index contributed by atoms with van der Waals surface area (Å²) in [5.41, 5.74) is 2.27. The van der Waals surface area contributed by atoms with Crippen molar-refractivity contribution in [2.24, 2.45) is 7.05 Å². The molecule has 98 valence electrons. The van der Waals surface area contributed by atoms with Crippen molar-refractivity contribution < 1.29 is 0 Å². The van der Waals surface area contributed by atoms with Crippen LogP contribution in [0.25, 0.3) is 6.08 Å². The van der Waals surface area contributed by atoms with Crippen LogP contribution in [0, 0.1) is 0 Å². The number of fused-ring (bicyclic) bond motifs is 1. The maximum atomic E-state index is 12.4. The van der Waals surface area contributed by atoms with Gasteiger partial charge in [-0.05, 0) is 44.8 Å². The van der Waals surface area contributed by atoms with Crippen LogP contribution >= 0.6 is 11.6 Å². The number of rotatable bonds is 1. The van der Waals surface area contributed by atoms with E-state index < -0.39 is 0 Å². The number of allylic oxidation sites excluding steroid dienone is 1. The van der Waals surface area contributed by atoms with Crippen LogP contribution in [0.1, 0.15) is 36.7 Å². The summed E-state index contributed by atoms with van der Waals surface area (Å²) in [5, 5.41) is 4.19. The molecule has 3 rings (SSSR count). The van der Waals surface area contributed by atoms with Crippen molar-refractivity contribution in [1.82, 2.24) is 14.5 Å². The molecule has 0 saturated carbocycles. The number of aromatic nitrogens is 2. The zero-order chi connectivity index (χ0) is 12.7. The molecule has 0 spiro atoms. The normalized spacial score (nSPS) is 20.7. The van der Waals surface area contributed by atoms with Crippen LogP contribution < -0.4 is 11.0 Å². The Balaban J connectivity index is 2.12. The second kappa shape index (κ2) is 4.59. The van der Waals surface area contributed by atoms with Gasteiger partial charge in [-0.2, -0.15) is 0 Å². The van der Waals surface area contributed by atoms with E-state index in [4.69, 9.17) is 11.6 Å². The van der Waals surface area contributed by atoms with Crippen LogP contribution in [0.2, 0.25) is 0 Å². The van der Waals surface area contributed by atoms with Gasteiger partial charge in [-0.3, -0.25) is 9.13 Å². The van der Waals surface area contributed by atoms with Crippen LogP contribution in [-0.2, 0) is 13.5 Å². The van der Waals surface area contributed by atoms with E-state index in [9.17, 15) is 4.79 Å². The average Bonchev–Trinajstić information content (AvgIpc) is 2.63. The van der Waals surface area contributed by atoms with Gasteiger partial charge in [0, 0.05) is 23.8 Å². The molecule has 2 heterocycles. The fourth-order valence-corrected chi connectivity index (χ4v) is 3.21. The van der Waals surface area contributed by atoms with Crippen molar-refractivity contribution in [2.75, 3.05) is 13.1 Å². The summed E-state index contributed by atoms with van der Waals surface area (Å²) >= 11 is 6.14. The van der Waals surface area contributed by atoms with E-state index >= 15 is 0 Å². The Bertz CT molecular complexity index is 549. The molecule has 0 radical (unpaired) electrons. The van der Waals surface area contributed by atoms with Gasteiger partial charge >= 0.3 is 5.69 Å². The standard InChI is InChI=1S/C13H18ClN3O/c1-16-11-3-2-9(14)8-12(11)17(13(16)18)10-4-6-15-7-5-10/h8,10,15H,2-7H2,1H3. The highest BCUT2D eigenvalue weighted by molar-refractivity contribution is 6.31. The highest BCUT2D eigenvalue weighted by Gasteiger charge is 2.25. The molecule has 0 aromatic carbocycles. The Hall–Kier alpha value is -1.00. The smallest absolute Gasteiger partial charge is 0.317 e. The maximum Gasteiger partial charge on any atom is 0.328 e. The number of hydrogen-bond acceptors (Lipinski definition) is 2. The lowest BCUT2D eigenvalue weighted by Gasteiger charge is -2.25. The molecule has 1 aliphatic carbocycles. The highest BCUT2D eigenvalue weighted by atomic mass is 35.5. The van der Waals surface area contributed by atoms with Gasteiger partial charge in [0.2, 0.25) is 0 Å². The summed E-state index contributed by atoms with van der Waals surface area (Å²) in [4.78, 5) is 12.4. The van der Waals surface area contributed by atoms with Crippen molar-refractivity contribution in [3.63, 3.8) is 0 Å². The first-order valence-electron chi connectivity index (χ1n) is 6.55. The predicted molar refractivity (Wildman–Crippen MR) is 73.0 cm³/mol. The second-order valence-electron chi connectivity index (χ2n) is 5.12. The zero-order valence-electron chi connectivity index (χ0n) is 10.6. The van der Waals surface area contributed by atoms with E-state index in [1.807, 2.05) is 17.7 Å². The van der Waals surface area contributed by atoms with E-state index in [1.54, 1.807) is 4.57 Å². The number of imidazole rings is 1. The quantitative estimate of drug-likeness (QED) is 0.840. The lowest BCUT2D eigenvalue weighted by molar-refractivity contribution is 0.358. The zero-order valence-corrected chi connectivity index (χ0v) is 11.3. The molecule has 0 bridgehead atoms. The van der Waals surface area contributed by atoms with Crippen molar-refractivity contribution in [3.8, 4) is 0 Å². The summed E-state index contributed by atoms with van der Waals surface area (Å²) in [6.45, 7) is 1.97. The summed E-state index contributed by atoms with van der Waals surface area (Å²) in [6.07, 6.45) is 5.72. The van der Waals surface area contributed by atoms with Crippen LogP contribution in [0.4, 0.5) is 0 Å². The third-order valence-corrected chi connectivity index (χ3v) is 4.32. The lowest BCUT2D eigenvalue weighted by atomic mass is 10.0. The Morgan fingerprint density at radius 3 is 2.78 bits per heavy atom. The number of nitrogens with zero attached hydrogens (tertiary/aromatic N) is 2. The molecule has 0 unspecified atom stereocenters. The molecule has 18 heavy (non-hydrogen) atoms. The van der Waals surface area contributed by atoms with Crippen molar-refractivity contribution in [2.45, 2.75) is 31.7 Å². The molecule has 0 amide bonds. The Morgan fingerprint density at radius 2 is 2.06 bits per heavy atom. The fraction of sp³-hybridized carbons (Fsp3) is 0.615. The Morgan fingerprint density at radius 1 is 1.33 bits per heavy atom. The van der Waals surface area contributed by atoms with Gasteiger partial charge < -0.3 is 5.32 Å². The Kier molecular flexibility index (Phi) is 3.08. The number of halogens is 1. The molecule has 1 aromatic heterocycles. The molecule has 1 fully saturated rings. The lowest BCUT2D eigenvalue weighted by Crippen LogP contribution is -2.35. The third-order valence-electron chi connectivity index (χ3n) is 4.02. The van der Waals surface area contributed by atoms with Crippen molar-refractivity contribution in [3.05, 3.63) is 26.9 Å². The molecule has 0 atom stereocenters. The van der Waals surface area contributed by atoms with Crippen molar-refractivity contribution >= 4 is 17.7 Å². The number of hydrogen-bond donors (Lipinski definition) is 1. The van der Waals surface area contributed by atoms with Crippen LogP contribution in [0.5, 0.6) is 0 Å². The largest absolute Gasteiger partial charge is 0.328 e. The van der Waals surface area contributed by atoms with Gasteiger partial charge in [-0.25, -0.2) is 4.79 Å². The first kappa shape index (κ1) is 12.1. The topological polar surface area (TPSA) is 39.0 Å². The minimum atomic E-state index is 0.106. The number of piperidine rings is 1. The van der Waals surface area contributed by atoms with Gasteiger partial charge in [0.25, 0.3) is 0 Å². The van der Waals surface area contributed by atoms with Gasteiger partial charge in [0.1, 0.15) is 0 Å². The minimum Gasteiger partial charge on any atom is -0.317 e. The molecule has 1 N–H and O–H groups in total. The molecule has 2 aliphatic rings. The predicted octanol–water partition coefficient (Wildman–Crippen LogP) is 1.64. The molecular formula is C13H18ClN3O. The second-order valence-corrected chi connectivity index (χ2v) is 5.60. The number of nitrogens with one attached hydrogen (secondary N) is 1. The fourth-order valence-electron chi connectivity index (χ4n) is 3.02. The monoisotopic (exact) mass is 267 g/mol. The highest BCUT2D eigenvalue weighted by Crippen LogP contribution is 2.29. The summed E-state index contributed by atoms with van der Waals surface area (Å²) < 4.78 is 3.74. The van der Waals surface area contributed by atoms with E-state index in [0.29, 0.717) is 6.04 Å². The van der Waals surface area contributed by atoms with E-state index in [-0.39, 0.29) is 5.69 Å². The molecule has 4 nitrogen and oxygen atoms in total. The van der Waals surface area contributed by atoms with Gasteiger partial charge in [0.05, 0.1) is 5.69 Å². The third kappa shape index (κ3) is 1.84. The van der Waals surface area contributed by atoms with Gasteiger partial charge in [-0.1, -0.05) is 11.6 Å². The van der Waals surface area contributed by atoms with E-state index in [2.05, 4.69) is 5.32 Å². The van der Waals surface area contributed by atoms with Crippen LogP contribution in [0.15, 0.2) is 9.83 Å². The van der Waals surface area contributed by atoms with E-state index in [1.165, 1.54) is 0 Å². The first-order chi connectivity index (χ1) is 8.68. The van der Waals surface area contributed by atoms with E-state index in [0.717, 1.165) is 55.2 Å². The van der Waals surface area contributed by atoms with Crippen LogP contribution in [-0.4, -0.2) is 22.2 Å². The average molecular weight is 268 g/mol. The molecule has 1 aromatic rings. The van der Waals surface area contributed by atoms with Gasteiger partial charge in [0.15, 0.2) is 0 Å². The summed E-state index contributed by atoms with van der Waals surface area (Å²) in [5.74, 6) is 0. The first-order valence-corrected chi connectivity index (χ1v) is 6.93. The minimum absolute atomic E-state index is 0.106. The summed E-state index contributed by atoms with van der Waals surface area (Å²) in [7, 11) is 1.87. The molecule has 1 aliphatic heterocycles. The molecular weight excluding hydrogens is 250 g/mol. The SMILES string of the molecule is Cn1c2c(n(C3CCNCC3)c1=O)C=C(Cl)CC2.